The topological polar surface area (TPSA) is 105 Å². The lowest BCUT2D eigenvalue weighted by Crippen LogP contribution is -2.58. The second-order valence-corrected chi connectivity index (χ2v) is 12.8. The molecule has 11 heteroatoms. The fraction of sp³-hybridized carbons (Fsp3) is 0.700. The Morgan fingerprint density at radius 1 is 1.13 bits per heavy atom. The molecule has 2 saturated heterocycles. The van der Waals surface area contributed by atoms with E-state index in [0.717, 1.165) is 56.5 Å². The van der Waals surface area contributed by atoms with Crippen LogP contribution in [0, 0.1) is 5.92 Å². The van der Waals surface area contributed by atoms with Crippen LogP contribution in [0.1, 0.15) is 36.4 Å². The molecule has 0 aromatic heterocycles. The summed E-state index contributed by atoms with van der Waals surface area (Å²) in [5, 5.41) is 0. The van der Waals surface area contributed by atoms with Crippen molar-refractivity contribution in [3.63, 3.8) is 0 Å². The molecular formula is C20H29N3O6S2. The Bertz CT molecular complexity index is 1070. The molecule has 3 atom stereocenters. The summed E-state index contributed by atoms with van der Waals surface area (Å²) in [4.78, 5) is 2.49. The molecule has 0 amide bonds. The predicted octanol–water partition coefficient (Wildman–Crippen LogP) is 0.678. The zero-order valence-electron chi connectivity index (χ0n) is 17.6. The van der Waals surface area contributed by atoms with E-state index in [9.17, 15) is 16.8 Å². The molecule has 1 aromatic rings. The number of benzene rings is 1. The maximum Gasteiger partial charge on any atom is 0.231 e. The Kier molecular flexibility index (Phi) is 5.45. The number of fused-ring (bicyclic) bond motifs is 5. The number of nitrogens with zero attached hydrogens (tertiary/aromatic N) is 2. The van der Waals surface area contributed by atoms with Crippen LogP contribution in [0.25, 0.3) is 0 Å². The molecule has 0 radical (unpaired) electrons. The van der Waals surface area contributed by atoms with E-state index in [0.29, 0.717) is 12.5 Å². The highest BCUT2D eigenvalue weighted by molar-refractivity contribution is 7.89. The molecular weight excluding hydrogens is 442 g/mol. The Labute approximate surface area is 183 Å². The molecule has 9 nitrogen and oxygen atoms in total. The largest absolute Gasteiger partial charge is 0.454 e. The normalized spacial score (nSPS) is 28.6. The van der Waals surface area contributed by atoms with Gasteiger partial charge in [0.2, 0.25) is 26.8 Å². The van der Waals surface area contributed by atoms with E-state index < -0.39 is 20.0 Å². The fourth-order valence-corrected chi connectivity index (χ4v) is 7.89. The predicted molar refractivity (Wildman–Crippen MR) is 115 cm³/mol. The van der Waals surface area contributed by atoms with Crippen LogP contribution < -0.4 is 14.2 Å². The van der Waals surface area contributed by atoms with Crippen molar-refractivity contribution in [1.29, 1.82) is 0 Å². The van der Waals surface area contributed by atoms with Crippen molar-refractivity contribution in [2.75, 3.05) is 45.0 Å². The first-order chi connectivity index (χ1) is 14.7. The van der Waals surface area contributed by atoms with E-state index >= 15 is 0 Å². The first-order valence-corrected chi connectivity index (χ1v) is 14.3. The second kappa shape index (κ2) is 7.87. The Balaban J connectivity index is 1.38. The van der Waals surface area contributed by atoms with Gasteiger partial charge in [0.25, 0.3) is 0 Å². The highest BCUT2D eigenvalue weighted by Crippen LogP contribution is 2.46. The lowest BCUT2D eigenvalue weighted by Gasteiger charge is -2.51. The quantitative estimate of drug-likeness (QED) is 0.673. The molecule has 0 unspecified atom stereocenters. The average molecular weight is 472 g/mol. The standard InChI is InChI=1S/C20H29N3O6S2/c1-30(24,25)21-5-8-31(26,27)23-6-2-3-15-12-22-7-4-14-9-19-20(29-13-28-19)10-16(14)18(22)11-17(15)23/h9-10,15,17-18,21H,2-8,11-13H2,1H3/t15-,17+,18+/m1/s1. The van der Waals surface area contributed by atoms with Crippen molar-refractivity contribution in [3.8, 4) is 11.5 Å². The minimum Gasteiger partial charge on any atom is -0.454 e. The summed E-state index contributed by atoms with van der Waals surface area (Å²) in [6.07, 6.45) is 4.61. The lowest BCUT2D eigenvalue weighted by atomic mass is 9.77. The number of hydrogen-bond acceptors (Lipinski definition) is 7. The van der Waals surface area contributed by atoms with Crippen LogP contribution in [0.3, 0.4) is 0 Å². The summed E-state index contributed by atoms with van der Waals surface area (Å²) in [6.45, 7) is 2.49. The number of ether oxygens (including phenoxy) is 2. The molecule has 0 aliphatic carbocycles. The summed E-state index contributed by atoms with van der Waals surface area (Å²) in [5.74, 6) is 1.65. The molecule has 0 spiro atoms. The van der Waals surface area contributed by atoms with Gasteiger partial charge in [0.05, 0.1) is 12.0 Å². The van der Waals surface area contributed by atoms with Crippen molar-refractivity contribution in [3.05, 3.63) is 23.3 Å². The minimum atomic E-state index is -3.56. The van der Waals surface area contributed by atoms with E-state index in [1.54, 1.807) is 4.31 Å². The summed E-state index contributed by atoms with van der Waals surface area (Å²) >= 11 is 0. The first kappa shape index (κ1) is 21.4. The third-order valence-corrected chi connectivity index (χ3v) is 9.60. The van der Waals surface area contributed by atoms with Gasteiger partial charge in [-0.05, 0) is 54.9 Å². The van der Waals surface area contributed by atoms with E-state index in [1.807, 2.05) is 0 Å². The molecule has 172 valence electrons. The number of nitrogens with one attached hydrogen (secondary N) is 1. The highest BCUT2D eigenvalue weighted by atomic mass is 32.2. The van der Waals surface area contributed by atoms with Crippen LogP contribution in [0.4, 0.5) is 0 Å². The van der Waals surface area contributed by atoms with Crippen molar-refractivity contribution >= 4 is 20.0 Å². The molecule has 4 aliphatic rings. The zero-order valence-corrected chi connectivity index (χ0v) is 19.3. The van der Waals surface area contributed by atoms with Gasteiger partial charge >= 0.3 is 0 Å². The Morgan fingerprint density at radius 2 is 1.90 bits per heavy atom. The van der Waals surface area contributed by atoms with Gasteiger partial charge in [-0.2, -0.15) is 4.31 Å². The molecule has 0 bridgehead atoms. The Morgan fingerprint density at radius 3 is 2.68 bits per heavy atom. The maximum atomic E-state index is 13.1. The highest BCUT2D eigenvalue weighted by Gasteiger charge is 2.46. The molecule has 1 N–H and O–H groups in total. The lowest BCUT2D eigenvalue weighted by molar-refractivity contribution is 0.0219. The number of sulfonamides is 2. The molecule has 1 aromatic carbocycles. The second-order valence-electron chi connectivity index (χ2n) is 8.96. The zero-order chi connectivity index (χ0) is 21.8. The molecule has 4 heterocycles. The van der Waals surface area contributed by atoms with Gasteiger partial charge < -0.3 is 9.47 Å². The van der Waals surface area contributed by atoms with Gasteiger partial charge in [0.1, 0.15) is 0 Å². The van der Waals surface area contributed by atoms with Gasteiger partial charge in [0, 0.05) is 38.3 Å². The molecule has 2 fully saturated rings. The van der Waals surface area contributed by atoms with Crippen molar-refractivity contribution < 1.29 is 26.3 Å². The smallest absolute Gasteiger partial charge is 0.231 e. The minimum absolute atomic E-state index is 0.0605. The molecule has 5 rings (SSSR count). The SMILES string of the molecule is CS(=O)(=O)NCCS(=O)(=O)N1CCC[C@@H]2CN3CCc4cc5c(cc4[C@@H]3C[C@@H]21)OCO5. The third kappa shape index (κ3) is 4.18. The van der Waals surface area contributed by atoms with E-state index in [1.165, 1.54) is 11.1 Å². The van der Waals surface area contributed by atoms with Crippen molar-refractivity contribution in [2.24, 2.45) is 5.92 Å². The van der Waals surface area contributed by atoms with Gasteiger partial charge in [-0.15, -0.1) is 0 Å². The number of piperidine rings is 2. The van der Waals surface area contributed by atoms with Gasteiger partial charge in [-0.1, -0.05) is 0 Å². The fourth-order valence-electron chi connectivity index (χ4n) is 5.61. The van der Waals surface area contributed by atoms with Gasteiger partial charge in [-0.3, -0.25) is 4.90 Å². The number of hydrogen-bond donors (Lipinski definition) is 1. The maximum absolute atomic E-state index is 13.1. The van der Waals surface area contributed by atoms with Crippen molar-refractivity contribution in [2.45, 2.75) is 37.8 Å². The van der Waals surface area contributed by atoms with Crippen LogP contribution in [-0.4, -0.2) is 77.1 Å². The van der Waals surface area contributed by atoms with Gasteiger partial charge in [-0.25, -0.2) is 21.6 Å². The molecule has 31 heavy (non-hydrogen) atoms. The average Bonchev–Trinajstić information content (AvgIpc) is 3.16. The monoisotopic (exact) mass is 471 g/mol. The van der Waals surface area contributed by atoms with E-state index in [2.05, 4.69) is 21.8 Å². The van der Waals surface area contributed by atoms with Crippen LogP contribution in [0.5, 0.6) is 11.5 Å². The molecule has 4 aliphatic heterocycles. The van der Waals surface area contributed by atoms with Crippen LogP contribution in [-0.2, 0) is 26.5 Å². The third-order valence-electron chi connectivity index (χ3n) is 6.99. The van der Waals surface area contributed by atoms with Crippen LogP contribution >= 0.6 is 0 Å². The summed E-state index contributed by atoms with van der Waals surface area (Å²) in [6, 6.07) is 4.25. The Hall–Kier alpha value is -1.40. The van der Waals surface area contributed by atoms with Gasteiger partial charge in [0.15, 0.2) is 11.5 Å². The van der Waals surface area contributed by atoms with E-state index in [4.69, 9.17) is 9.47 Å². The molecule has 0 saturated carbocycles. The summed E-state index contributed by atoms with van der Waals surface area (Å²) in [7, 11) is -6.97. The first-order valence-electron chi connectivity index (χ1n) is 10.8. The summed E-state index contributed by atoms with van der Waals surface area (Å²) < 4.78 is 64.0. The number of rotatable bonds is 5. The summed E-state index contributed by atoms with van der Waals surface area (Å²) in [5.41, 5.74) is 2.47. The van der Waals surface area contributed by atoms with Crippen molar-refractivity contribution in [1.82, 2.24) is 13.9 Å². The van der Waals surface area contributed by atoms with Crippen LogP contribution in [0.15, 0.2) is 12.1 Å². The van der Waals surface area contributed by atoms with Crippen LogP contribution in [0.2, 0.25) is 0 Å². The van der Waals surface area contributed by atoms with E-state index in [-0.39, 0.29) is 31.2 Å².